The second-order valence-electron chi connectivity index (χ2n) is 5.18. The molecule has 1 saturated carbocycles. The molecule has 0 aromatic carbocycles. The van der Waals surface area contributed by atoms with E-state index in [0.29, 0.717) is 5.89 Å². The van der Waals surface area contributed by atoms with Gasteiger partial charge in [0.1, 0.15) is 5.76 Å². The molecular formula is C14H21N3O. The average molecular weight is 247 g/mol. The van der Waals surface area contributed by atoms with Crippen LogP contribution in [0.1, 0.15) is 56.7 Å². The Morgan fingerprint density at radius 1 is 1.44 bits per heavy atom. The zero-order valence-electron chi connectivity index (χ0n) is 11.1. The Morgan fingerprint density at radius 2 is 2.22 bits per heavy atom. The van der Waals surface area contributed by atoms with E-state index >= 15 is 0 Å². The summed E-state index contributed by atoms with van der Waals surface area (Å²) < 4.78 is 5.53. The fourth-order valence-corrected chi connectivity index (χ4v) is 2.63. The van der Waals surface area contributed by atoms with Crippen LogP contribution in [0.15, 0.2) is 10.6 Å². The first-order valence-corrected chi connectivity index (χ1v) is 6.78. The summed E-state index contributed by atoms with van der Waals surface area (Å²) in [4.78, 5) is 4.24. The Hall–Kier alpha value is -1.34. The van der Waals surface area contributed by atoms with Crippen LogP contribution in [0.4, 0.5) is 0 Å². The van der Waals surface area contributed by atoms with Gasteiger partial charge in [-0.3, -0.25) is 0 Å². The zero-order chi connectivity index (χ0) is 13.0. The van der Waals surface area contributed by atoms with E-state index in [0.717, 1.165) is 18.6 Å². The number of aryl methyl sites for hydroxylation is 1. The average Bonchev–Trinajstić information content (AvgIpc) is 2.67. The van der Waals surface area contributed by atoms with Crippen molar-refractivity contribution in [1.82, 2.24) is 10.3 Å². The van der Waals surface area contributed by atoms with E-state index in [4.69, 9.17) is 4.42 Å². The molecule has 3 atom stereocenters. The molecule has 98 valence electrons. The van der Waals surface area contributed by atoms with Crippen LogP contribution >= 0.6 is 0 Å². The molecule has 0 spiro atoms. The minimum atomic E-state index is 0.0673. The maximum atomic E-state index is 9.24. The maximum absolute atomic E-state index is 9.24. The molecule has 1 aromatic heterocycles. The summed E-state index contributed by atoms with van der Waals surface area (Å²) in [5, 5.41) is 12.8. The molecule has 0 aliphatic heterocycles. The predicted octanol–water partition coefficient (Wildman–Crippen LogP) is 3.11. The van der Waals surface area contributed by atoms with Crippen molar-refractivity contribution in [3.63, 3.8) is 0 Å². The number of rotatable bonds is 3. The first kappa shape index (κ1) is 13.1. The van der Waals surface area contributed by atoms with Crippen molar-refractivity contribution in [2.45, 2.75) is 58.0 Å². The summed E-state index contributed by atoms with van der Waals surface area (Å²) in [6.45, 7) is 3.94. The molecule has 0 bridgehead atoms. The second-order valence-corrected chi connectivity index (χ2v) is 5.18. The van der Waals surface area contributed by atoms with Gasteiger partial charge in [-0.25, -0.2) is 4.98 Å². The molecule has 0 radical (unpaired) electrons. The lowest BCUT2D eigenvalue weighted by Crippen LogP contribution is -2.36. The van der Waals surface area contributed by atoms with E-state index in [9.17, 15) is 5.26 Å². The standard InChI is InChI=1S/C14H21N3O/c1-10-9-16-14(18-10)11(2)17-13-7-5-3-4-6-12(13)8-15/h9,11-13,17H,3-7H2,1-2H3. The molecule has 1 aromatic rings. The van der Waals surface area contributed by atoms with E-state index in [1.54, 1.807) is 6.20 Å². The lowest BCUT2D eigenvalue weighted by molar-refractivity contribution is 0.322. The summed E-state index contributed by atoms with van der Waals surface area (Å²) in [5.41, 5.74) is 0. The molecule has 0 saturated heterocycles. The van der Waals surface area contributed by atoms with Crippen molar-refractivity contribution < 1.29 is 4.42 Å². The van der Waals surface area contributed by atoms with Gasteiger partial charge in [-0.05, 0) is 26.7 Å². The van der Waals surface area contributed by atoms with Crippen LogP contribution in [0.2, 0.25) is 0 Å². The van der Waals surface area contributed by atoms with Gasteiger partial charge in [0.05, 0.1) is 24.2 Å². The van der Waals surface area contributed by atoms with Gasteiger partial charge in [0, 0.05) is 6.04 Å². The summed E-state index contributed by atoms with van der Waals surface area (Å²) in [6.07, 6.45) is 7.43. The molecule has 1 aliphatic carbocycles. The molecule has 4 nitrogen and oxygen atoms in total. The molecule has 2 rings (SSSR count). The summed E-state index contributed by atoms with van der Waals surface area (Å²) in [5.74, 6) is 1.66. The van der Waals surface area contributed by atoms with Crippen LogP contribution < -0.4 is 5.32 Å². The van der Waals surface area contributed by atoms with Crippen molar-refractivity contribution in [1.29, 1.82) is 5.26 Å². The normalized spacial score (nSPS) is 26.3. The first-order chi connectivity index (χ1) is 8.70. The highest BCUT2D eigenvalue weighted by Gasteiger charge is 2.26. The third kappa shape index (κ3) is 3.11. The van der Waals surface area contributed by atoms with Crippen LogP contribution in [0.25, 0.3) is 0 Å². The quantitative estimate of drug-likeness (QED) is 0.834. The summed E-state index contributed by atoms with van der Waals surface area (Å²) in [6, 6.07) is 2.77. The zero-order valence-corrected chi connectivity index (χ0v) is 11.1. The molecule has 1 fully saturated rings. The highest BCUT2D eigenvalue weighted by atomic mass is 16.4. The molecule has 18 heavy (non-hydrogen) atoms. The van der Waals surface area contributed by atoms with Gasteiger partial charge in [-0.2, -0.15) is 5.26 Å². The van der Waals surface area contributed by atoms with E-state index < -0.39 is 0 Å². The van der Waals surface area contributed by atoms with E-state index in [-0.39, 0.29) is 18.0 Å². The van der Waals surface area contributed by atoms with Crippen molar-refractivity contribution in [2.24, 2.45) is 5.92 Å². The van der Waals surface area contributed by atoms with Crippen molar-refractivity contribution in [3.05, 3.63) is 17.8 Å². The van der Waals surface area contributed by atoms with Crippen LogP contribution in [0.3, 0.4) is 0 Å². The van der Waals surface area contributed by atoms with Crippen molar-refractivity contribution in [2.75, 3.05) is 0 Å². The maximum Gasteiger partial charge on any atom is 0.211 e. The van der Waals surface area contributed by atoms with E-state index in [1.165, 1.54) is 19.3 Å². The molecule has 4 heteroatoms. The Kier molecular flexibility index (Phi) is 4.38. The lowest BCUT2D eigenvalue weighted by atomic mass is 9.95. The third-order valence-corrected chi connectivity index (χ3v) is 3.66. The third-order valence-electron chi connectivity index (χ3n) is 3.66. The summed E-state index contributed by atoms with van der Waals surface area (Å²) >= 11 is 0. The Balaban J connectivity index is 2.00. The smallest absolute Gasteiger partial charge is 0.211 e. The van der Waals surface area contributed by atoms with E-state index in [2.05, 4.69) is 16.4 Å². The van der Waals surface area contributed by atoms with Gasteiger partial charge < -0.3 is 9.73 Å². The van der Waals surface area contributed by atoms with Crippen LogP contribution in [0.5, 0.6) is 0 Å². The Bertz CT molecular complexity index is 421. The number of oxazole rings is 1. The topological polar surface area (TPSA) is 61.9 Å². The fourth-order valence-electron chi connectivity index (χ4n) is 2.63. The Labute approximate surface area is 108 Å². The molecule has 1 heterocycles. The van der Waals surface area contributed by atoms with E-state index in [1.807, 2.05) is 13.8 Å². The number of nitrogens with one attached hydrogen (secondary N) is 1. The minimum Gasteiger partial charge on any atom is -0.444 e. The van der Waals surface area contributed by atoms with Crippen LogP contribution in [0, 0.1) is 24.2 Å². The van der Waals surface area contributed by atoms with Crippen LogP contribution in [-0.4, -0.2) is 11.0 Å². The molecular weight excluding hydrogens is 226 g/mol. The molecule has 1 N–H and O–H groups in total. The minimum absolute atomic E-state index is 0.0673. The van der Waals surface area contributed by atoms with Crippen molar-refractivity contribution in [3.8, 4) is 6.07 Å². The molecule has 1 aliphatic rings. The van der Waals surface area contributed by atoms with Crippen LogP contribution in [-0.2, 0) is 0 Å². The largest absolute Gasteiger partial charge is 0.444 e. The Morgan fingerprint density at radius 3 is 2.89 bits per heavy atom. The van der Waals surface area contributed by atoms with Gasteiger partial charge in [0.2, 0.25) is 5.89 Å². The van der Waals surface area contributed by atoms with Gasteiger partial charge in [0.25, 0.3) is 0 Å². The number of aromatic nitrogens is 1. The highest BCUT2D eigenvalue weighted by molar-refractivity contribution is 4.99. The van der Waals surface area contributed by atoms with Gasteiger partial charge in [-0.1, -0.05) is 19.3 Å². The highest BCUT2D eigenvalue weighted by Crippen LogP contribution is 2.25. The number of hydrogen-bond acceptors (Lipinski definition) is 4. The fraction of sp³-hybridized carbons (Fsp3) is 0.714. The van der Waals surface area contributed by atoms with Gasteiger partial charge >= 0.3 is 0 Å². The van der Waals surface area contributed by atoms with Gasteiger partial charge in [0.15, 0.2) is 0 Å². The lowest BCUT2D eigenvalue weighted by Gasteiger charge is -2.23. The predicted molar refractivity (Wildman–Crippen MR) is 68.8 cm³/mol. The monoisotopic (exact) mass is 247 g/mol. The summed E-state index contributed by atoms with van der Waals surface area (Å²) in [7, 11) is 0. The molecule has 3 unspecified atom stereocenters. The first-order valence-electron chi connectivity index (χ1n) is 6.78. The number of nitriles is 1. The van der Waals surface area contributed by atoms with Gasteiger partial charge in [-0.15, -0.1) is 0 Å². The van der Waals surface area contributed by atoms with Crippen molar-refractivity contribution >= 4 is 0 Å². The number of nitrogens with zero attached hydrogens (tertiary/aromatic N) is 2. The number of hydrogen-bond donors (Lipinski definition) is 1. The second kappa shape index (κ2) is 6.01. The molecule has 0 amide bonds. The SMILES string of the molecule is Cc1cnc(C(C)NC2CCCCCC2C#N)o1.